The molecule has 3 heteroatoms. The lowest BCUT2D eigenvalue weighted by atomic mass is 9.52. The van der Waals surface area contributed by atoms with E-state index in [9.17, 15) is 5.11 Å². The molecule has 0 aliphatic heterocycles. The summed E-state index contributed by atoms with van der Waals surface area (Å²) in [6, 6.07) is 7.57. The van der Waals surface area contributed by atoms with Crippen LogP contribution in [0.4, 0.5) is 0 Å². The van der Waals surface area contributed by atoms with Crippen molar-refractivity contribution in [2.75, 3.05) is 12.5 Å². The van der Waals surface area contributed by atoms with Gasteiger partial charge in [-0.25, -0.2) is 0 Å². The monoisotopic (exact) mass is 332 g/mol. The second kappa shape index (κ2) is 6.14. The maximum atomic E-state index is 9.76. The Hall–Kier alpha value is -0.990. The van der Waals surface area contributed by atoms with Crippen LogP contribution in [-0.4, -0.2) is 23.2 Å². The van der Waals surface area contributed by atoms with Crippen LogP contribution in [0.2, 0.25) is 0 Å². The Labute approximate surface area is 143 Å². The maximum Gasteiger partial charge on any atom is 0.116 e. The number of phenolic OH excluding ortho intramolecular Hbond substituents is 1. The maximum absolute atomic E-state index is 9.76. The summed E-state index contributed by atoms with van der Waals surface area (Å²) >= 11 is 5.85. The van der Waals surface area contributed by atoms with Gasteiger partial charge < -0.3 is 9.84 Å². The van der Waals surface area contributed by atoms with Crippen LogP contribution in [0, 0.1) is 17.8 Å². The Kier molecular flexibility index (Phi) is 4.15. The molecule has 0 saturated heterocycles. The molecule has 124 valence electrons. The van der Waals surface area contributed by atoms with E-state index >= 15 is 0 Å². The van der Waals surface area contributed by atoms with Crippen molar-refractivity contribution >= 4 is 17.7 Å². The Balaban J connectivity index is 1.67. The molecule has 1 aromatic carbocycles. The molecule has 2 unspecified atom stereocenters. The van der Waals surface area contributed by atoms with Gasteiger partial charge >= 0.3 is 0 Å². The molecule has 4 saturated carbocycles. The molecule has 2 nitrogen and oxygen atoms in total. The number of phenols is 1. The van der Waals surface area contributed by atoms with Crippen LogP contribution in [0.1, 0.15) is 44.1 Å². The van der Waals surface area contributed by atoms with Gasteiger partial charge in [0.1, 0.15) is 5.75 Å². The van der Waals surface area contributed by atoms with Gasteiger partial charge in [0.15, 0.2) is 0 Å². The molecule has 1 aromatic rings. The Morgan fingerprint density at radius 1 is 1.22 bits per heavy atom. The van der Waals surface area contributed by atoms with E-state index in [0.717, 1.165) is 30.4 Å². The first-order chi connectivity index (χ1) is 11.2. The standard InChI is InChI=1S/C20H25ClO2/c21-5-2-6-23-20-12-15-7-16(13-20)9-17(8-15)19(20)11-14-3-1-4-18(22)10-14/h1,3-4,10-11,15-17,22H,2,5-9,12-13H2. The molecule has 0 spiro atoms. The average Bonchev–Trinajstić information content (AvgIpc) is 2.51. The molecular weight excluding hydrogens is 308 g/mol. The zero-order valence-corrected chi connectivity index (χ0v) is 14.3. The van der Waals surface area contributed by atoms with Gasteiger partial charge in [-0.2, -0.15) is 0 Å². The number of ether oxygens (including phenoxy) is 1. The summed E-state index contributed by atoms with van der Waals surface area (Å²) in [5.74, 6) is 3.34. The van der Waals surface area contributed by atoms with Crippen molar-refractivity contribution in [2.24, 2.45) is 17.8 Å². The van der Waals surface area contributed by atoms with E-state index < -0.39 is 0 Å². The Bertz CT molecular complexity index is 595. The van der Waals surface area contributed by atoms with Crippen LogP contribution < -0.4 is 0 Å². The van der Waals surface area contributed by atoms with Crippen LogP contribution in [0.3, 0.4) is 0 Å². The van der Waals surface area contributed by atoms with E-state index in [1.54, 1.807) is 6.07 Å². The second-order valence-corrected chi connectivity index (χ2v) is 8.00. The van der Waals surface area contributed by atoms with Crippen molar-refractivity contribution in [2.45, 2.75) is 44.1 Å². The zero-order valence-electron chi connectivity index (χ0n) is 13.5. The molecule has 4 bridgehead atoms. The molecule has 2 atom stereocenters. The van der Waals surface area contributed by atoms with Crippen LogP contribution in [0.5, 0.6) is 5.75 Å². The number of alkyl halides is 1. The molecule has 0 radical (unpaired) electrons. The highest BCUT2D eigenvalue weighted by atomic mass is 35.5. The average molecular weight is 333 g/mol. The van der Waals surface area contributed by atoms with Crippen molar-refractivity contribution in [3.05, 3.63) is 35.4 Å². The number of halogens is 1. The number of aromatic hydroxyl groups is 1. The van der Waals surface area contributed by atoms with Gasteiger partial charge in [0, 0.05) is 12.5 Å². The molecule has 0 amide bonds. The van der Waals surface area contributed by atoms with Crippen LogP contribution in [0.15, 0.2) is 29.8 Å². The number of hydrogen-bond acceptors (Lipinski definition) is 2. The van der Waals surface area contributed by atoms with Crippen LogP contribution in [0.25, 0.3) is 6.08 Å². The van der Waals surface area contributed by atoms with E-state index in [1.165, 1.54) is 37.7 Å². The van der Waals surface area contributed by atoms with Crippen LogP contribution in [-0.2, 0) is 4.74 Å². The fourth-order valence-corrected chi connectivity index (χ4v) is 5.45. The summed E-state index contributed by atoms with van der Waals surface area (Å²) in [5.41, 5.74) is 2.50. The van der Waals surface area contributed by atoms with E-state index in [-0.39, 0.29) is 5.60 Å². The third-order valence-corrected chi connectivity index (χ3v) is 6.22. The van der Waals surface area contributed by atoms with Gasteiger partial charge in [-0.1, -0.05) is 18.2 Å². The largest absolute Gasteiger partial charge is 0.508 e. The Morgan fingerprint density at radius 3 is 2.70 bits per heavy atom. The molecule has 0 aromatic heterocycles. The smallest absolute Gasteiger partial charge is 0.116 e. The summed E-state index contributed by atoms with van der Waals surface area (Å²) in [5, 5.41) is 9.76. The van der Waals surface area contributed by atoms with Gasteiger partial charge in [0.25, 0.3) is 0 Å². The highest BCUT2D eigenvalue weighted by Gasteiger charge is 2.54. The number of benzene rings is 1. The third kappa shape index (κ3) is 2.92. The fraction of sp³-hybridized carbons (Fsp3) is 0.600. The first kappa shape index (κ1) is 15.5. The third-order valence-electron chi connectivity index (χ3n) is 5.95. The Morgan fingerprint density at radius 2 is 2.00 bits per heavy atom. The lowest BCUT2D eigenvalue weighted by molar-refractivity contribution is -0.119. The van der Waals surface area contributed by atoms with Crippen molar-refractivity contribution in [3.63, 3.8) is 0 Å². The van der Waals surface area contributed by atoms with E-state index in [4.69, 9.17) is 16.3 Å². The molecule has 1 N–H and O–H groups in total. The number of rotatable bonds is 5. The van der Waals surface area contributed by atoms with E-state index in [1.807, 2.05) is 12.1 Å². The molecule has 0 heterocycles. The summed E-state index contributed by atoms with van der Waals surface area (Å²) < 4.78 is 6.48. The summed E-state index contributed by atoms with van der Waals surface area (Å²) in [7, 11) is 0. The lowest BCUT2D eigenvalue weighted by Crippen LogP contribution is -2.54. The molecule has 4 aliphatic rings. The van der Waals surface area contributed by atoms with Crippen molar-refractivity contribution < 1.29 is 9.84 Å². The van der Waals surface area contributed by atoms with Gasteiger partial charge in [0.05, 0.1) is 5.60 Å². The van der Waals surface area contributed by atoms with Crippen molar-refractivity contribution in [1.82, 2.24) is 0 Å². The lowest BCUT2D eigenvalue weighted by Gasteiger charge is -2.58. The zero-order chi connectivity index (χ0) is 15.9. The summed E-state index contributed by atoms with van der Waals surface area (Å²) in [6.45, 7) is 0.757. The van der Waals surface area contributed by atoms with Gasteiger partial charge in [-0.05, 0) is 79.5 Å². The minimum Gasteiger partial charge on any atom is -0.508 e. The van der Waals surface area contributed by atoms with Crippen molar-refractivity contribution in [1.29, 1.82) is 0 Å². The molecule has 4 fully saturated rings. The number of hydrogen-bond donors (Lipinski definition) is 1. The quantitative estimate of drug-likeness (QED) is 0.607. The predicted molar refractivity (Wildman–Crippen MR) is 93.7 cm³/mol. The van der Waals surface area contributed by atoms with E-state index in [2.05, 4.69) is 12.1 Å². The molecule has 23 heavy (non-hydrogen) atoms. The van der Waals surface area contributed by atoms with E-state index in [0.29, 0.717) is 17.5 Å². The minimum atomic E-state index is -0.0632. The fourth-order valence-electron chi connectivity index (χ4n) is 5.34. The topological polar surface area (TPSA) is 29.5 Å². The minimum absolute atomic E-state index is 0.0632. The highest BCUT2D eigenvalue weighted by Crippen LogP contribution is 2.60. The normalized spacial score (nSPS) is 36.7. The predicted octanol–water partition coefficient (Wildman–Crippen LogP) is 5.00. The first-order valence-electron chi connectivity index (χ1n) is 8.89. The van der Waals surface area contributed by atoms with Crippen molar-refractivity contribution in [3.8, 4) is 5.75 Å². The van der Waals surface area contributed by atoms with Gasteiger partial charge in [0.2, 0.25) is 0 Å². The molecule has 5 rings (SSSR count). The molecular formula is C20H25ClO2. The van der Waals surface area contributed by atoms with Gasteiger partial charge in [-0.15, -0.1) is 11.6 Å². The summed E-state index contributed by atoms with van der Waals surface area (Å²) in [6.07, 6.45) is 9.60. The second-order valence-electron chi connectivity index (χ2n) is 7.62. The first-order valence-corrected chi connectivity index (χ1v) is 9.43. The summed E-state index contributed by atoms with van der Waals surface area (Å²) in [4.78, 5) is 0. The highest BCUT2D eigenvalue weighted by molar-refractivity contribution is 6.17. The van der Waals surface area contributed by atoms with Crippen LogP contribution >= 0.6 is 11.6 Å². The SMILES string of the molecule is Oc1cccc(C=C2C3CC4CC(C3)CC2(OCCCCl)C4)c1. The van der Waals surface area contributed by atoms with Gasteiger partial charge in [-0.3, -0.25) is 0 Å². The molecule has 4 aliphatic carbocycles.